The highest BCUT2D eigenvalue weighted by Crippen LogP contribution is 2.32. The summed E-state index contributed by atoms with van der Waals surface area (Å²) in [6.07, 6.45) is 0.0143. The molecule has 1 heterocycles. The van der Waals surface area contributed by atoms with Gasteiger partial charge in [-0.1, -0.05) is 0 Å². The molecule has 0 bridgehead atoms. The zero-order valence-electron chi connectivity index (χ0n) is 8.48. The highest BCUT2D eigenvalue weighted by atomic mass is 19.4. The van der Waals surface area contributed by atoms with Crippen LogP contribution in [0, 0.1) is 0 Å². The number of halogens is 3. The smallest absolute Gasteiger partial charge is 0.306 e. The van der Waals surface area contributed by atoms with Crippen molar-refractivity contribution in [3.63, 3.8) is 0 Å². The Kier molecular flexibility index (Phi) is 2.71. The Labute approximate surface area is 94.5 Å². The van der Waals surface area contributed by atoms with Crippen LogP contribution in [0.25, 0.3) is 5.69 Å². The minimum atomic E-state index is -4.55. The molecule has 2 aromatic rings. The first-order valence-electron chi connectivity index (χ1n) is 4.67. The fourth-order valence-corrected chi connectivity index (χ4v) is 1.46. The summed E-state index contributed by atoms with van der Waals surface area (Å²) in [7, 11) is 0. The number of alkyl halides is 3. The summed E-state index contributed by atoms with van der Waals surface area (Å²) in [5.74, 6) is 0. The summed E-state index contributed by atoms with van der Waals surface area (Å²) >= 11 is 0. The second-order valence-corrected chi connectivity index (χ2v) is 3.36. The fraction of sp³-hybridized carbons (Fsp3) is 0.0909. The Morgan fingerprint density at radius 2 is 2.06 bits per heavy atom. The van der Waals surface area contributed by atoms with Crippen LogP contribution >= 0.6 is 0 Å². The quantitative estimate of drug-likeness (QED) is 0.756. The van der Waals surface area contributed by atoms with E-state index >= 15 is 0 Å². The molecule has 0 N–H and O–H groups in total. The molecule has 0 saturated heterocycles. The lowest BCUT2D eigenvalue weighted by Crippen LogP contribution is -2.10. The lowest BCUT2D eigenvalue weighted by atomic mass is 10.1. The van der Waals surface area contributed by atoms with Crippen molar-refractivity contribution in [2.45, 2.75) is 6.18 Å². The Morgan fingerprint density at radius 3 is 2.59 bits per heavy atom. The van der Waals surface area contributed by atoms with Crippen molar-refractivity contribution in [1.29, 1.82) is 0 Å². The molecule has 88 valence electrons. The molecular weight excluding hydrogens is 233 g/mol. The third kappa shape index (κ3) is 2.20. The molecule has 0 radical (unpaired) electrons. The van der Waals surface area contributed by atoms with Gasteiger partial charge >= 0.3 is 6.18 Å². The van der Waals surface area contributed by atoms with Gasteiger partial charge in [-0.2, -0.15) is 13.2 Å². The first-order chi connectivity index (χ1) is 8.02. The third-order valence-corrected chi connectivity index (χ3v) is 2.27. The Balaban J connectivity index is 2.57. The largest absolute Gasteiger partial charge is 0.417 e. The van der Waals surface area contributed by atoms with Gasteiger partial charge in [0.1, 0.15) is 0 Å². The van der Waals surface area contributed by atoms with Gasteiger partial charge in [0.2, 0.25) is 0 Å². The van der Waals surface area contributed by atoms with Crippen LogP contribution in [-0.2, 0) is 6.18 Å². The van der Waals surface area contributed by atoms with Crippen molar-refractivity contribution in [2.24, 2.45) is 0 Å². The predicted molar refractivity (Wildman–Crippen MR) is 54.0 cm³/mol. The average Bonchev–Trinajstić information content (AvgIpc) is 2.80. The van der Waals surface area contributed by atoms with Crippen molar-refractivity contribution in [2.75, 3.05) is 0 Å². The molecule has 0 aliphatic carbocycles. The minimum Gasteiger partial charge on any atom is -0.306 e. The van der Waals surface area contributed by atoms with Crippen LogP contribution in [0.3, 0.4) is 0 Å². The minimum absolute atomic E-state index is 0.195. The number of aromatic nitrogens is 2. The lowest BCUT2D eigenvalue weighted by molar-refractivity contribution is -0.137. The highest BCUT2D eigenvalue weighted by Gasteiger charge is 2.33. The molecule has 1 aromatic heterocycles. The van der Waals surface area contributed by atoms with Crippen molar-refractivity contribution >= 4 is 6.29 Å². The summed E-state index contributed by atoms with van der Waals surface area (Å²) in [5.41, 5.74) is -1.01. The Morgan fingerprint density at radius 1 is 1.29 bits per heavy atom. The summed E-state index contributed by atoms with van der Waals surface area (Å²) in [4.78, 5) is 14.3. The lowest BCUT2D eigenvalue weighted by Gasteiger charge is -2.11. The molecule has 1 aromatic carbocycles. The average molecular weight is 240 g/mol. The Hall–Kier alpha value is -2.11. The standard InChI is InChI=1S/C11H7F3N2O/c12-11(13,14)10-5-9(2-1-8(10)6-17)16-4-3-15-7-16/h1-7H. The molecular formula is C11H7F3N2O. The van der Waals surface area contributed by atoms with Crippen molar-refractivity contribution in [3.05, 3.63) is 48.0 Å². The maximum atomic E-state index is 12.7. The number of carbonyl (C=O) groups excluding carboxylic acids is 1. The highest BCUT2D eigenvalue weighted by molar-refractivity contribution is 5.78. The monoisotopic (exact) mass is 240 g/mol. The van der Waals surface area contributed by atoms with Crippen LogP contribution in [0.4, 0.5) is 13.2 Å². The van der Waals surface area contributed by atoms with Gasteiger partial charge in [0.25, 0.3) is 0 Å². The number of aldehydes is 1. The van der Waals surface area contributed by atoms with Crippen LogP contribution < -0.4 is 0 Å². The van der Waals surface area contributed by atoms with E-state index in [-0.39, 0.29) is 11.8 Å². The number of hydrogen-bond acceptors (Lipinski definition) is 2. The van der Waals surface area contributed by atoms with E-state index in [4.69, 9.17) is 0 Å². The molecule has 0 aliphatic rings. The van der Waals surface area contributed by atoms with Crippen molar-refractivity contribution in [1.82, 2.24) is 9.55 Å². The molecule has 0 aliphatic heterocycles. The van der Waals surface area contributed by atoms with Gasteiger partial charge in [-0.3, -0.25) is 4.79 Å². The van der Waals surface area contributed by atoms with Gasteiger partial charge in [-0.25, -0.2) is 4.98 Å². The number of imidazole rings is 1. The van der Waals surface area contributed by atoms with Crippen LogP contribution in [0.2, 0.25) is 0 Å². The normalized spacial score (nSPS) is 11.5. The second kappa shape index (κ2) is 4.04. The number of hydrogen-bond donors (Lipinski definition) is 0. The Bertz CT molecular complexity index is 532. The summed E-state index contributed by atoms with van der Waals surface area (Å²) in [6, 6.07) is 3.50. The number of rotatable bonds is 2. The molecule has 0 unspecified atom stereocenters. The first-order valence-corrected chi connectivity index (χ1v) is 4.67. The molecule has 0 amide bonds. The molecule has 0 fully saturated rings. The van der Waals surface area contributed by atoms with Gasteiger partial charge in [0.05, 0.1) is 11.9 Å². The molecule has 0 atom stereocenters. The summed E-state index contributed by atoms with van der Waals surface area (Å²) < 4.78 is 39.5. The molecule has 3 nitrogen and oxygen atoms in total. The van der Waals surface area contributed by atoms with Crippen molar-refractivity contribution < 1.29 is 18.0 Å². The molecule has 0 saturated carbocycles. The molecule has 2 rings (SSSR count). The van der Waals surface area contributed by atoms with E-state index in [1.807, 2.05) is 0 Å². The van der Waals surface area contributed by atoms with E-state index in [1.165, 1.54) is 29.4 Å². The number of benzene rings is 1. The zero-order valence-corrected chi connectivity index (χ0v) is 8.48. The first kappa shape index (κ1) is 11.4. The van der Waals surface area contributed by atoms with E-state index in [1.54, 1.807) is 0 Å². The number of carbonyl (C=O) groups is 1. The molecule has 0 spiro atoms. The van der Waals surface area contributed by atoms with Gasteiger partial charge < -0.3 is 4.57 Å². The van der Waals surface area contributed by atoms with Gasteiger partial charge in [0.15, 0.2) is 6.29 Å². The zero-order chi connectivity index (χ0) is 12.5. The van der Waals surface area contributed by atoms with E-state index in [0.717, 1.165) is 12.1 Å². The van der Waals surface area contributed by atoms with Crippen molar-refractivity contribution in [3.8, 4) is 5.69 Å². The topological polar surface area (TPSA) is 34.9 Å². The van der Waals surface area contributed by atoms with E-state index in [2.05, 4.69) is 4.98 Å². The van der Waals surface area contributed by atoms with Crippen LogP contribution in [-0.4, -0.2) is 15.8 Å². The predicted octanol–water partition coefficient (Wildman–Crippen LogP) is 2.70. The van der Waals surface area contributed by atoms with E-state index < -0.39 is 11.7 Å². The van der Waals surface area contributed by atoms with Gasteiger partial charge in [-0.15, -0.1) is 0 Å². The van der Waals surface area contributed by atoms with Gasteiger partial charge in [-0.05, 0) is 18.2 Å². The fourth-order valence-electron chi connectivity index (χ4n) is 1.46. The SMILES string of the molecule is O=Cc1ccc(-n2ccnc2)cc1C(F)(F)F. The van der Waals surface area contributed by atoms with Gasteiger partial charge in [0, 0.05) is 23.6 Å². The third-order valence-electron chi connectivity index (χ3n) is 2.27. The summed E-state index contributed by atoms with van der Waals surface area (Å²) in [6.45, 7) is 0. The van der Waals surface area contributed by atoms with Crippen LogP contribution in [0.1, 0.15) is 15.9 Å². The van der Waals surface area contributed by atoms with Crippen LogP contribution in [0.15, 0.2) is 36.9 Å². The van der Waals surface area contributed by atoms with E-state index in [9.17, 15) is 18.0 Å². The molecule has 17 heavy (non-hydrogen) atoms. The molecule has 6 heteroatoms. The second-order valence-electron chi connectivity index (χ2n) is 3.36. The number of nitrogens with zero attached hydrogens (tertiary/aromatic N) is 2. The van der Waals surface area contributed by atoms with E-state index in [0.29, 0.717) is 5.69 Å². The maximum absolute atomic E-state index is 12.7. The maximum Gasteiger partial charge on any atom is 0.417 e. The van der Waals surface area contributed by atoms with Crippen LogP contribution in [0.5, 0.6) is 0 Å². The summed E-state index contributed by atoms with van der Waals surface area (Å²) in [5, 5.41) is 0.